The summed E-state index contributed by atoms with van der Waals surface area (Å²) in [5, 5.41) is 7.87. The molecule has 0 N–H and O–H groups in total. The predicted octanol–water partition coefficient (Wildman–Crippen LogP) is 0.817. The van der Waals surface area contributed by atoms with E-state index in [0.717, 1.165) is 5.69 Å². The van der Waals surface area contributed by atoms with Crippen molar-refractivity contribution in [2.45, 2.75) is 26.4 Å². The molecule has 2 heterocycles. The second-order valence-electron chi connectivity index (χ2n) is 4.43. The normalized spacial score (nSPS) is 20.6. The van der Waals surface area contributed by atoms with Crippen molar-refractivity contribution >= 4 is 5.91 Å². The highest BCUT2D eigenvalue weighted by molar-refractivity contribution is 5.92. The fourth-order valence-corrected chi connectivity index (χ4v) is 1.88. The van der Waals surface area contributed by atoms with E-state index >= 15 is 0 Å². The van der Waals surface area contributed by atoms with E-state index in [1.165, 1.54) is 0 Å². The van der Waals surface area contributed by atoms with Crippen LogP contribution in [0.2, 0.25) is 0 Å². The third-order valence-corrected chi connectivity index (χ3v) is 3.10. The van der Waals surface area contributed by atoms with E-state index in [1.807, 2.05) is 38.9 Å². The average Bonchev–Trinajstić information content (AvgIpc) is 2.56. The molecule has 5 heteroatoms. The van der Waals surface area contributed by atoms with Gasteiger partial charge >= 0.3 is 0 Å². The molecular weight excluding hydrogens is 192 g/mol. The Bertz CT molecular complexity index is 421. The molecule has 0 atom stereocenters. The molecule has 1 aromatic rings. The monoisotopic (exact) mass is 208 g/mol. The van der Waals surface area contributed by atoms with Crippen LogP contribution < -0.4 is 0 Å². The summed E-state index contributed by atoms with van der Waals surface area (Å²) >= 11 is 0. The van der Waals surface area contributed by atoms with Crippen LogP contribution in [0.25, 0.3) is 0 Å². The van der Waals surface area contributed by atoms with E-state index in [2.05, 4.69) is 5.10 Å². The molecule has 0 saturated carbocycles. The number of nitrogens with zero attached hydrogens (tertiary/aromatic N) is 4. The van der Waals surface area contributed by atoms with Crippen LogP contribution in [0.5, 0.6) is 0 Å². The smallest absolute Gasteiger partial charge is 0.271 e. The van der Waals surface area contributed by atoms with Gasteiger partial charge in [-0.05, 0) is 26.8 Å². The summed E-state index contributed by atoms with van der Waals surface area (Å²) in [7, 11) is 3.66. The van der Waals surface area contributed by atoms with Gasteiger partial charge in [0.15, 0.2) is 0 Å². The maximum Gasteiger partial charge on any atom is 0.286 e. The predicted molar refractivity (Wildman–Crippen MR) is 56.1 cm³/mol. The molecule has 15 heavy (non-hydrogen) atoms. The molecular formula is C10H16N4O. The van der Waals surface area contributed by atoms with Crippen LogP contribution in [0.1, 0.15) is 30.0 Å². The number of rotatable bonds is 0. The number of carbonyl (C=O) groups is 1. The van der Waals surface area contributed by atoms with Crippen molar-refractivity contribution in [3.63, 3.8) is 0 Å². The number of fused-ring (bicyclic) bond motifs is 1. The van der Waals surface area contributed by atoms with Crippen molar-refractivity contribution in [1.29, 1.82) is 0 Å². The molecule has 82 valence electrons. The summed E-state index contributed by atoms with van der Waals surface area (Å²) in [6.45, 7) is 5.96. The lowest BCUT2D eigenvalue weighted by Gasteiger charge is -2.45. The first-order valence-electron chi connectivity index (χ1n) is 4.94. The maximum atomic E-state index is 12.0. The number of aryl methyl sites for hydroxylation is 1. The summed E-state index contributed by atoms with van der Waals surface area (Å²) in [5.41, 5.74) is 1.21. The van der Waals surface area contributed by atoms with Gasteiger partial charge in [0.1, 0.15) is 11.4 Å². The third-order valence-electron chi connectivity index (χ3n) is 3.10. The van der Waals surface area contributed by atoms with Crippen LogP contribution in [-0.4, -0.2) is 39.8 Å². The van der Waals surface area contributed by atoms with Crippen molar-refractivity contribution in [3.05, 3.63) is 17.5 Å². The van der Waals surface area contributed by atoms with E-state index in [0.29, 0.717) is 5.69 Å². The lowest BCUT2D eigenvalue weighted by atomic mass is 10.2. The fourth-order valence-electron chi connectivity index (χ4n) is 1.88. The van der Waals surface area contributed by atoms with Gasteiger partial charge in [-0.15, -0.1) is 0 Å². The van der Waals surface area contributed by atoms with Gasteiger partial charge in [0.25, 0.3) is 5.91 Å². The molecule has 1 aromatic heterocycles. The Kier molecular flexibility index (Phi) is 1.91. The molecule has 0 unspecified atom stereocenters. The molecule has 0 saturated heterocycles. The number of aromatic nitrogens is 2. The molecule has 5 nitrogen and oxygen atoms in total. The lowest BCUT2D eigenvalue weighted by molar-refractivity contribution is -0.0945. The third kappa shape index (κ3) is 1.19. The molecule has 0 aromatic carbocycles. The molecule has 2 rings (SSSR count). The van der Waals surface area contributed by atoms with Gasteiger partial charge in [-0.1, -0.05) is 0 Å². The number of carbonyl (C=O) groups excluding carboxylic acids is 1. The largest absolute Gasteiger partial charge is 0.286 e. The van der Waals surface area contributed by atoms with Gasteiger partial charge in [-0.2, -0.15) is 10.1 Å². The van der Waals surface area contributed by atoms with E-state index in [4.69, 9.17) is 0 Å². The Morgan fingerprint density at radius 3 is 2.53 bits per heavy atom. The minimum absolute atomic E-state index is 0.0163. The number of amides is 1. The van der Waals surface area contributed by atoms with E-state index in [9.17, 15) is 4.79 Å². The Morgan fingerprint density at radius 1 is 1.33 bits per heavy atom. The van der Waals surface area contributed by atoms with Gasteiger partial charge in [-0.25, -0.2) is 4.68 Å². The zero-order valence-electron chi connectivity index (χ0n) is 9.77. The second-order valence-corrected chi connectivity index (χ2v) is 4.43. The molecule has 0 bridgehead atoms. The highest BCUT2D eigenvalue weighted by Gasteiger charge is 2.40. The van der Waals surface area contributed by atoms with Gasteiger partial charge in [-0.3, -0.25) is 9.80 Å². The van der Waals surface area contributed by atoms with Crippen LogP contribution in [0, 0.1) is 6.92 Å². The van der Waals surface area contributed by atoms with Gasteiger partial charge in [0.2, 0.25) is 0 Å². The second kappa shape index (κ2) is 2.82. The van der Waals surface area contributed by atoms with Crippen LogP contribution in [0.4, 0.5) is 0 Å². The summed E-state index contributed by atoms with van der Waals surface area (Å²) in [5.74, 6) is -0.0163. The number of hydrogen-bond donors (Lipinski definition) is 0. The van der Waals surface area contributed by atoms with Gasteiger partial charge in [0.05, 0.1) is 5.69 Å². The molecule has 1 amide bonds. The van der Waals surface area contributed by atoms with E-state index in [1.54, 1.807) is 16.7 Å². The highest BCUT2D eigenvalue weighted by Crippen LogP contribution is 2.28. The molecule has 0 spiro atoms. The Labute approximate surface area is 89.2 Å². The van der Waals surface area contributed by atoms with E-state index in [-0.39, 0.29) is 11.6 Å². The SMILES string of the molecule is Cc1cc2n(n1)C(C)(C)N(C)N(C)C2=O. The van der Waals surface area contributed by atoms with E-state index < -0.39 is 0 Å². The topological polar surface area (TPSA) is 41.4 Å². The molecule has 0 fully saturated rings. The minimum atomic E-state index is -0.313. The Morgan fingerprint density at radius 2 is 1.93 bits per heavy atom. The molecule has 0 radical (unpaired) electrons. The molecule has 1 aliphatic heterocycles. The molecule has 1 aliphatic rings. The maximum absolute atomic E-state index is 12.0. The summed E-state index contributed by atoms with van der Waals surface area (Å²) < 4.78 is 1.78. The van der Waals surface area contributed by atoms with Crippen molar-refractivity contribution in [2.24, 2.45) is 0 Å². The number of hydrazine groups is 1. The van der Waals surface area contributed by atoms with Crippen LogP contribution >= 0.6 is 0 Å². The van der Waals surface area contributed by atoms with Crippen molar-refractivity contribution in [2.75, 3.05) is 14.1 Å². The van der Waals surface area contributed by atoms with Gasteiger partial charge in [0, 0.05) is 14.1 Å². The zero-order chi connectivity index (χ0) is 11.4. The average molecular weight is 208 g/mol. The van der Waals surface area contributed by atoms with Crippen LogP contribution in [0.3, 0.4) is 0 Å². The highest BCUT2D eigenvalue weighted by atomic mass is 16.2. The quantitative estimate of drug-likeness (QED) is 0.633. The first-order valence-corrected chi connectivity index (χ1v) is 4.94. The van der Waals surface area contributed by atoms with Crippen molar-refractivity contribution < 1.29 is 4.79 Å². The first-order chi connectivity index (χ1) is 6.85. The summed E-state index contributed by atoms with van der Waals surface area (Å²) in [6.07, 6.45) is 0. The van der Waals surface area contributed by atoms with Crippen molar-refractivity contribution in [3.8, 4) is 0 Å². The number of hydrogen-bond acceptors (Lipinski definition) is 3. The lowest BCUT2D eigenvalue weighted by Crippen LogP contribution is -2.59. The minimum Gasteiger partial charge on any atom is -0.271 e. The van der Waals surface area contributed by atoms with Crippen LogP contribution in [0.15, 0.2) is 6.07 Å². The standard InChI is InChI=1S/C10H16N4O/c1-7-6-8-9(15)12(4)13(5)10(2,3)14(8)11-7/h6H,1-5H3. The van der Waals surface area contributed by atoms with Crippen molar-refractivity contribution in [1.82, 2.24) is 19.8 Å². The zero-order valence-corrected chi connectivity index (χ0v) is 9.77. The summed E-state index contributed by atoms with van der Waals surface area (Å²) in [6, 6.07) is 1.83. The van der Waals surface area contributed by atoms with Crippen LogP contribution in [-0.2, 0) is 5.66 Å². The Balaban J connectivity index is 2.65. The molecule has 0 aliphatic carbocycles. The Hall–Kier alpha value is -1.36. The fraction of sp³-hybridized carbons (Fsp3) is 0.600. The van der Waals surface area contributed by atoms with Gasteiger partial charge < -0.3 is 0 Å². The first kappa shape index (κ1) is 10.2. The summed E-state index contributed by atoms with van der Waals surface area (Å²) in [4.78, 5) is 12.0.